The predicted octanol–water partition coefficient (Wildman–Crippen LogP) is 2.70. The largest absolute Gasteiger partial charge is 0.491 e. The topological polar surface area (TPSA) is 77.5 Å². The van der Waals surface area contributed by atoms with Crippen molar-refractivity contribution >= 4 is 0 Å². The van der Waals surface area contributed by atoms with E-state index < -0.39 is 17.7 Å². The fourth-order valence-electron chi connectivity index (χ4n) is 2.59. The highest BCUT2D eigenvalue weighted by Gasteiger charge is 2.14. The second-order valence-corrected chi connectivity index (χ2v) is 6.15. The smallest absolute Gasteiger partial charge is 0.437 e. The van der Waals surface area contributed by atoms with Crippen molar-refractivity contribution in [3.63, 3.8) is 0 Å². The molecule has 0 fully saturated rings. The van der Waals surface area contributed by atoms with Crippen LogP contribution < -0.4 is 10.5 Å². The van der Waals surface area contributed by atoms with E-state index in [-0.39, 0.29) is 19.0 Å². The Morgan fingerprint density at radius 2 is 1.85 bits per heavy atom. The highest BCUT2D eigenvalue weighted by molar-refractivity contribution is 5.51. The number of aliphatic hydroxyl groups is 1. The van der Waals surface area contributed by atoms with Crippen LogP contribution in [0, 0.1) is 19.7 Å². The highest BCUT2D eigenvalue weighted by Crippen LogP contribution is 2.17. The number of aromatic nitrogens is 2. The Balaban J connectivity index is 1.65. The van der Waals surface area contributed by atoms with E-state index in [4.69, 9.17) is 9.15 Å². The molecule has 26 heavy (non-hydrogen) atoms. The summed E-state index contributed by atoms with van der Waals surface area (Å²) >= 11 is 0. The summed E-state index contributed by atoms with van der Waals surface area (Å²) in [6.45, 7) is 3.85. The Bertz CT molecular complexity index is 927. The van der Waals surface area contributed by atoms with Crippen LogP contribution in [0.5, 0.6) is 5.75 Å². The van der Waals surface area contributed by atoms with Crippen LogP contribution in [0.15, 0.2) is 51.7 Å². The summed E-state index contributed by atoms with van der Waals surface area (Å²) in [4.78, 5) is 11.9. The molecule has 1 atom stereocenters. The Morgan fingerprint density at radius 1 is 1.19 bits per heavy atom. The number of rotatable bonds is 6. The third-order valence-electron chi connectivity index (χ3n) is 3.72. The van der Waals surface area contributed by atoms with Crippen molar-refractivity contribution in [2.45, 2.75) is 26.5 Å². The molecule has 2 aromatic carbocycles. The average molecular weight is 358 g/mol. The molecule has 0 radical (unpaired) electrons. The minimum atomic E-state index is -0.945. The standard InChI is InChI=1S/C19H19FN2O4/c1-12-7-13(2)9-17(8-12)25-11-16(23)10-22-19(24)26-18(21-22)14-3-5-15(20)6-4-14/h3-9,16,23H,10-11H2,1-2H3. The summed E-state index contributed by atoms with van der Waals surface area (Å²) in [6, 6.07) is 11.2. The molecule has 1 aromatic heterocycles. The van der Waals surface area contributed by atoms with Crippen molar-refractivity contribution in [2.75, 3.05) is 6.61 Å². The van der Waals surface area contributed by atoms with E-state index in [1.807, 2.05) is 32.0 Å². The summed E-state index contributed by atoms with van der Waals surface area (Å²) < 4.78 is 24.6. The summed E-state index contributed by atoms with van der Waals surface area (Å²) in [7, 11) is 0. The third-order valence-corrected chi connectivity index (χ3v) is 3.72. The Kier molecular flexibility index (Phi) is 5.18. The first-order valence-electron chi connectivity index (χ1n) is 8.14. The molecule has 1 N–H and O–H groups in total. The number of aryl methyl sites for hydroxylation is 2. The van der Waals surface area contributed by atoms with Gasteiger partial charge in [-0.25, -0.2) is 9.18 Å². The highest BCUT2D eigenvalue weighted by atomic mass is 19.1. The first-order chi connectivity index (χ1) is 12.4. The van der Waals surface area contributed by atoms with Gasteiger partial charge in [-0.15, -0.1) is 5.10 Å². The van der Waals surface area contributed by atoms with Gasteiger partial charge in [0, 0.05) is 5.56 Å². The normalized spacial score (nSPS) is 12.2. The van der Waals surface area contributed by atoms with E-state index in [1.54, 1.807) is 0 Å². The SMILES string of the molecule is Cc1cc(C)cc(OCC(O)Cn2nc(-c3ccc(F)cc3)oc2=O)c1. The van der Waals surface area contributed by atoms with Crippen LogP contribution >= 0.6 is 0 Å². The molecular weight excluding hydrogens is 339 g/mol. The van der Waals surface area contributed by atoms with Crippen LogP contribution in [0.3, 0.4) is 0 Å². The van der Waals surface area contributed by atoms with Crippen molar-refractivity contribution in [1.29, 1.82) is 0 Å². The summed E-state index contributed by atoms with van der Waals surface area (Å²) in [5, 5.41) is 14.2. The Labute approximate surface area is 149 Å². The van der Waals surface area contributed by atoms with Gasteiger partial charge in [0.05, 0.1) is 6.54 Å². The molecule has 0 aliphatic rings. The Hall–Kier alpha value is -2.93. The molecule has 0 saturated heterocycles. The molecule has 1 heterocycles. The molecule has 1 unspecified atom stereocenters. The van der Waals surface area contributed by atoms with E-state index in [0.717, 1.165) is 15.8 Å². The lowest BCUT2D eigenvalue weighted by Crippen LogP contribution is -2.29. The number of halogens is 1. The lowest BCUT2D eigenvalue weighted by molar-refractivity contribution is 0.0875. The van der Waals surface area contributed by atoms with Crippen molar-refractivity contribution < 1.29 is 18.7 Å². The van der Waals surface area contributed by atoms with Gasteiger partial charge in [0.25, 0.3) is 0 Å². The minimum Gasteiger partial charge on any atom is -0.491 e. The van der Waals surface area contributed by atoms with Gasteiger partial charge in [-0.05, 0) is 61.4 Å². The van der Waals surface area contributed by atoms with Crippen molar-refractivity contribution in [3.05, 3.63) is 70.0 Å². The third kappa shape index (κ3) is 4.37. The minimum absolute atomic E-state index is 0.00801. The molecule has 0 bridgehead atoms. The molecule has 0 spiro atoms. The van der Waals surface area contributed by atoms with Crippen LogP contribution in [0.4, 0.5) is 4.39 Å². The van der Waals surface area contributed by atoms with Crippen LogP contribution in [-0.4, -0.2) is 27.6 Å². The van der Waals surface area contributed by atoms with Gasteiger partial charge >= 0.3 is 5.76 Å². The van der Waals surface area contributed by atoms with Crippen LogP contribution in [-0.2, 0) is 6.54 Å². The number of ether oxygens (including phenoxy) is 1. The average Bonchev–Trinajstić information content (AvgIpc) is 2.93. The quantitative estimate of drug-likeness (QED) is 0.733. The number of nitrogens with zero attached hydrogens (tertiary/aromatic N) is 2. The fraction of sp³-hybridized carbons (Fsp3) is 0.263. The molecular formula is C19H19FN2O4. The monoisotopic (exact) mass is 358 g/mol. The molecule has 0 saturated carbocycles. The van der Waals surface area contributed by atoms with E-state index in [1.165, 1.54) is 24.3 Å². The molecule has 6 nitrogen and oxygen atoms in total. The molecule has 0 aliphatic heterocycles. The zero-order valence-corrected chi connectivity index (χ0v) is 14.5. The zero-order chi connectivity index (χ0) is 18.7. The maximum atomic E-state index is 13.0. The first kappa shape index (κ1) is 17.9. The zero-order valence-electron chi connectivity index (χ0n) is 14.5. The van der Waals surface area contributed by atoms with E-state index in [2.05, 4.69) is 5.10 Å². The lowest BCUT2D eigenvalue weighted by atomic mass is 10.1. The van der Waals surface area contributed by atoms with Gasteiger partial charge in [0.1, 0.15) is 24.3 Å². The van der Waals surface area contributed by atoms with Crippen LogP contribution in [0.2, 0.25) is 0 Å². The van der Waals surface area contributed by atoms with Crippen molar-refractivity contribution in [3.8, 4) is 17.2 Å². The van der Waals surface area contributed by atoms with Gasteiger partial charge in [-0.1, -0.05) is 6.07 Å². The lowest BCUT2D eigenvalue weighted by Gasteiger charge is -2.12. The van der Waals surface area contributed by atoms with Gasteiger partial charge < -0.3 is 14.3 Å². The Morgan fingerprint density at radius 3 is 2.50 bits per heavy atom. The first-order valence-corrected chi connectivity index (χ1v) is 8.14. The number of aliphatic hydroxyl groups excluding tert-OH is 1. The van der Waals surface area contributed by atoms with Crippen molar-refractivity contribution in [1.82, 2.24) is 9.78 Å². The molecule has 3 aromatic rings. The molecule has 0 amide bonds. The predicted molar refractivity (Wildman–Crippen MR) is 93.6 cm³/mol. The summed E-state index contributed by atoms with van der Waals surface area (Å²) in [6.07, 6.45) is -0.945. The van der Waals surface area contributed by atoms with Crippen LogP contribution in [0.25, 0.3) is 11.5 Å². The van der Waals surface area contributed by atoms with Crippen LogP contribution in [0.1, 0.15) is 11.1 Å². The van der Waals surface area contributed by atoms with Gasteiger partial charge in [-0.3, -0.25) is 0 Å². The second-order valence-electron chi connectivity index (χ2n) is 6.15. The summed E-state index contributed by atoms with van der Waals surface area (Å²) in [5.74, 6) is -0.372. The molecule has 3 rings (SSSR count). The molecule has 7 heteroatoms. The van der Waals surface area contributed by atoms with Gasteiger partial charge in [0.2, 0.25) is 5.89 Å². The number of benzene rings is 2. The maximum absolute atomic E-state index is 13.0. The van der Waals surface area contributed by atoms with E-state index >= 15 is 0 Å². The van der Waals surface area contributed by atoms with Gasteiger partial charge in [-0.2, -0.15) is 4.68 Å². The number of hydrogen-bond donors (Lipinski definition) is 1. The van der Waals surface area contributed by atoms with Gasteiger partial charge in [0.15, 0.2) is 0 Å². The van der Waals surface area contributed by atoms with E-state index in [9.17, 15) is 14.3 Å². The second kappa shape index (κ2) is 7.53. The molecule has 0 aliphatic carbocycles. The fourth-order valence-corrected chi connectivity index (χ4v) is 2.59. The molecule has 136 valence electrons. The van der Waals surface area contributed by atoms with E-state index in [0.29, 0.717) is 11.3 Å². The summed E-state index contributed by atoms with van der Waals surface area (Å²) in [5.41, 5.74) is 2.60. The maximum Gasteiger partial charge on any atom is 0.437 e. The van der Waals surface area contributed by atoms with Crippen molar-refractivity contribution in [2.24, 2.45) is 0 Å². The number of hydrogen-bond acceptors (Lipinski definition) is 5.